The highest BCUT2D eigenvalue weighted by Gasteiger charge is 2.26. The second kappa shape index (κ2) is 6.39. The molecule has 0 spiro atoms. The Morgan fingerprint density at radius 3 is 2.88 bits per heavy atom. The first-order valence-electron chi connectivity index (χ1n) is 7.22. The van der Waals surface area contributed by atoms with Gasteiger partial charge in [-0.1, -0.05) is 6.92 Å². The first-order chi connectivity index (χ1) is 8.31. The minimum Gasteiger partial charge on any atom is -0.378 e. The minimum atomic E-state index is 0.351. The van der Waals surface area contributed by atoms with E-state index in [2.05, 4.69) is 11.8 Å². The zero-order chi connectivity index (χ0) is 12.1. The van der Waals surface area contributed by atoms with Gasteiger partial charge in [0.15, 0.2) is 0 Å². The lowest BCUT2D eigenvalue weighted by atomic mass is 9.99. The van der Waals surface area contributed by atoms with Crippen LogP contribution in [0.15, 0.2) is 0 Å². The summed E-state index contributed by atoms with van der Waals surface area (Å²) in [6.07, 6.45) is 9.03. The molecule has 0 bridgehead atoms. The molecule has 2 saturated heterocycles. The Labute approximate surface area is 105 Å². The molecule has 2 fully saturated rings. The van der Waals surface area contributed by atoms with E-state index in [1.807, 2.05) is 0 Å². The fourth-order valence-corrected chi connectivity index (χ4v) is 3.05. The first-order valence-corrected chi connectivity index (χ1v) is 7.22. The zero-order valence-corrected chi connectivity index (χ0v) is 11.0. The molecule has 0 aromatic heterocycles. The Morgan fingerprint density at radius 2 is 2.18 bits per heavy atom. The van der Waals surface area contributed by atoms with Crippen LogP contribution in [0, 0.1) is 0 Å². The van der Waals surface area contributed by atoms with Crippen molar-refractivity contribution in [3.63, 3.8) is 0 Å². The number of hydrogen-bond acceptors (Lipinski definition) is 2. The number of piperidine rings is 1. The maximum Gasteiger partial charge on any atom is 0.222 e. The third-order valence-corrected chi connectivity index (χ3v) is 4.12. The van der Waals surface area contributed by atoms with Crippen LogP contribution >= 0.6 is 0 Å². The molecule has 0 saturated carbocycles. The van der Waals surface area contributed by atoms with Crippen LogP contribution in [0.25, 0.3) is 0 Å². The normalized spacial score (nSPS) is 29.6. The third kappa shape index (κ3) is 3.44. The van der Waals surface area contributed by atoms with Crippen LogP contribution in [0.5, 0.6) is 0 Å². The highest BCUT2D eigenvalue weighted by atomic mass is 16.5. The molecule has 3 heteroatoms. The number of ether oxygens (including phenoxy) is 1. The van der Waals surface area contributed by atoms with Crippen molar-refractivity contribution in [1.82, 2.24) is 4.90 Å². The van der Waals surface area contributed by atoms with Crippen molar-refractivity contribution >= 4 is 5.91 Å². The van der Waals surface area contributed by atoms with Gasteiger partial charge in [-0.2, -0.15) is 0 Å². The maximum absolute atomic E-state index is 12.2. The summed E-state index contributed by atoms with van der Waals surface area (Å²) in [5.74, 6) is 0.354. The summed E-state index contributed by atoms with van der Waals surface area (Å²) >= 11 is 0. The van der Waals surface area contributed by atoms with Crippen molar-refractivity contribution in [2.45, 2.75) is 70.4 Å². The molecule has 2 aliphatic rings. The summed E-state index contributed by atoms with van der Waals surface area (Å²) in [7, 11) is 0. The number of amides is 1. The monoisotopic (exact) mass is 239 g/mol. The molecule has 17 heavy (non-hydrogen) atoms. The van der Waals surface area contributed by atoms with Crippen LogP contribution in [0.1, 0.15) is 58.3 Å². The summed E-state index contributed by atoms with van der Waals surface area (Å²) in [5, 5.41) is 0. The smallest absolute Gasteiger partial charge is 0.222 e. The fraction of sp³-hybridized carbons (Fsp3) is 0.929. The van der Waals surface area contributed by atoms with E-state index in [1.54, 1.807) is 0 Å². The van der Waals surface area contributed by atoms with Crippen molar-refractivity contribution in [2.75, 3.05) is 13.2 Å². The minimum absolute atomic E-state index is 0.351. The van der Waals surface area contributed by atoms with Crippen LogP contribution in [-0.4, -0.2) is 36.1 Å². The Balaban J connectivity index is 1.76. The number of rotatable bonds is 4. The highest BCUT2D eigenvalue weighted by Crippen LogP contribution is 2.22. The Kier molecular flexibility index (Phi) is 4.84. The molecule has 0 N–H and O–H groups in total. The van der Waals surface area contributed by atoms with Gasteiger partial charge in [-0.25, -0.2) is 0 Å². The molecule has 98 valence electrons. The van der Waals surface area contributed by atoms with Crippen molar-refractivity contribution < 1.29 is 9.53 Å². The average Bonchev–Trinajstić information content (AvgIpc) is 2.89. The van der Waals surface area contributed by atoms with E-state index in [4.69, 9.17) is 4.74 Å². The van der Waals surface area contributed by atoms with E-state index in [1.165, 1.54) is 25.7 Å². The molecule has 2 heterocycles. The quantitative estimate of drug-likeness (QED) is 0.755. The Morgan fingerprint density at radius 1 is 1.29 bits per heavy atom. The Bertz CT molecular complexity index is 249. The number of likely N-dealkylation sites (tertiary alicyclic amines) is 1. The molecule has 0 aromatic carbocycles. The van der Waals surface area contributed by atoms with Gasteiger partial charge in [-0.15, -0.1) is 0 Å². The van der Waals surface area contributed by atoms with E-state index >= 15 is 0 Å². The predicted octanol–water partition coefficient (Wildman–Crippen LogP) is 2.74. The zero-order valence-electron chi connectivity index (χ0n) is 11.0. The van der Waals surface area contributed by atoms with Gasteiger partial charge < -0.3 is 9.64 Å². The van der Waals surface area contributed by atoms with Crippen LogP contribution < -0.4 is 0 Å². The molecule has 1 amide bonds. The van der Waals surface area contributed by atoms with Crippen molar-refractivity contribution in [2.24, 2.45) is 0 Å². The number of carbonyl (C=O) groups excluding carboxylic acids is 1. The van der Waals surface area contributed by atoms with Gasteiger partial charge in [-0.3, -0.25) is 4.79 Å². The summed E-state index contributed by atoms with van der Waals surface area (Å²) in [5.41, 5.74) is 0. The van der Waals surface area contributed by atoms with Gasteiger partial charge in [-0.05, 0) is 44.9 Å². The van der Waals surface area contributed by atoms with Crippen molar-refractivity contribution in [3.05, 3.63) is 0 Å². The van der Waals surface area contributed by atoms with E-state index in [0.717, 1.165) is 32.4 Å². The number of nitrogens with zero attached hydrogens (tertiary/aromatic N) is 1. The van der Waals surface area contributed by atoms with E-state index in [9.17, 15) is 4.79 Å². The van der Waals surface area contributed by atoms with Gasteiger partial charge in [0.25, 0.3) is 0 Å². The summed E-state index contributed by atoms with van der Waals surface area (Å²) in [6, 6.07) is 0.501. The maximum atomic E-state index is 12.2. The molecule has 2 atom stereocenters. The molecule has 0 aromatic rings. The second-order valence-corrected chi connectivity index (χ2v) is 5.32. The fourth-order valence-electron chi connectivity index (χ4n) is 3.05. The Hall–Kier alpha value is -0.570. The van der Waals surface area contributed by atoms with Crippen LogP contribution in [0.3, 0.4) is 0 Å². The topological polar surface area (TPSA) is 29.5 Å². The standard InChI is InChI=1S/C14H25NO2/c1-2-12-6-3-4-10-15(12)14(16)9-8-13-7-5-11-17-13/h12-13H,2-11H2,1H3/t12-,13+/m0/s1. The second-order valence-electron chi connectivity index (χ2n) is 5.32. The van der Waals surface area contributed by atoms with E-state index < -0.39 is 0 Å². The van der Waals surface area contributed by atoms with Gasteiger partial charge in [0.05, 0.1) is 6.10 Å². The molecule has 0 unspecified atom stereocenters. The van der Waals surface area contributed by atoms with Crippen molar-refractivity contribution in [1.29, 1.82) is 0 Å². The molecule has 0 radical (unpaired) electrons. The van der Waals surface area contributed by atoms with Crippen LogP contribution in [-0.2, 0) is 9.53 Å². The summed E-state index contributed by atoms with van der Waals surface area (Å²) < 4.78 is 5.57. The van der Waals surface area contributed by atoms with Crippen LogP contribution in [0.4, 0.5) is 0 Å². The lowest BCUT2D eigenvalue weighted by Gasteiger charge is -2.35. The van der Waals surface area contributed by atoms with E-state index in [-0.39, 0.29) is 0 Å². The SMILES string of the molecule is CC[C@H]1CCCCN1C(=O)CC[C@H]1CCCO1. The largest absolute Gasteiger partial charge is 0.378 e. The molecule has 0 aliphatic carbocycles. The highest BCUT2D eigenvalue weighted by molar-refractivity contribution is 5.76. The molecular formula is C14H25NO2. The number of hydrogen-bond donors (Lipinski definition) is 0. The molecule has 2 aliphatic heterocycles. The van der Waals surface area contributed by atoms with E-state index in [0.29, 0.717) is 24.5 Å². The molecule has 3 nitrogen and oxygen atoms in total. The van der Waals surface area contributed by atoms with Gasteiger partial charge in [0.1, 0.15) is 0 Å². The third-order valence-electron chi connectivity index (χ3n) is 4.12. The van der Waals surface area contributed by atoms with Crippen LogP contribution in [0.2, 0.25) is 0 Å². The van der Waals surface area contributed by atoms with Crippen molar-refractivity contribution in [3.8, 4) is 0 Å². The first kappa shape index (κ1) is 12.9. The molecule has 2 rings (SSSR count). The lowest BCUT2D eigenvalue weighted by Crippen LogP contribution is -2.43. The number of carbonyl (C=O) groups is 1. The van der Waals surface area contributed by atoms with Gasteiger partial charge in [0, 0.05) is 25.6 Å². The average molecular weight is 239 g/mol. The predicted molar refractivity (Wildman–Crippen MR) is 67.9 cm³/mol. The van der Waals surface area contributed by atoms with Gasteiger partial charge in [0.2, 0.25) is 5.91 Å². The van der Waals surface area contributed by atoms with Gasteiger partial charge >= 0.3 is 0 Å². The lowest BCUT2D eigenvalue weighted by molar-refractivity contribution is -0.135. The summed E-state index contributed by atoms with van der Waals surface area (Å²) in [6.45, 7) is 4.05. The molecular weight excluding hydrogens is 214 g/mol. The summed E-state index contributed by atoms with van der Waals surface area (Å²) in [4.78, 5) is 14.3.